The van der Waals surface area contributed by atoms with Crippen LogP contribution in [-0.2, 0) is 0 Å². The molecular weight excluding hydrogens is 313 g/mol. The Labute approximate surface area is 102 Å². The van der Waals surface area contributed by atoms with E-state index in [1.807, 2.05) is 12.1 Å². The highest BCUT2D eigenvalue weighted by Gasteiger charge is 2.08. The van der Waals surface area contributed by atoms with Gasteiger partial charge in [0, 0.05) is 0 Å². The van der Waals surface area contributed by atoms with Crippen molar-refractivity contribution < 1.29 is 13.5 Å². The van der Waals surface area contributed by atoms with Gasteiger partial charge in [-0.25, -0.2) is 8.78 Å². The average molecular weight is 326 g/mol. The number of benzene rings is 1. The highest BCUT2D eigenvalue weighted by molar-refractivity contribution is 14.1. The molecule has 0 aliphatic heterocycles. The second-order valence-corrected chi connectivity index (χ2v) is 4.71. The van der Waals surface area contributed by atoms with E-state index in [0.717, 1.165) is 3.57 Å². The van der Waals surface area contributed by atoms with Gasteiger partial charge < -0.3 is 4.74 Å². The van der Waals surface area contributed by atoms with Gasteiger partial charge in [-0.15, -0.1) is 0 Å². The van der Waals surface area contributed by atoms with Crippen LogP contribution in [0.3, 0.4) is 0 Å². The lowest BCUT2D eigenvalue weighted by Gasteiger charge is -2.10. The summed E-state index contributed by atoms with van der Waals surface area (Å²) < 4.78 is 29.7. The number of alkyl halides is 2. The molecule has 0 aliphatic carbocycles. The lowest BCUT2D eigenvalue weighted by molar-refractivity contribution is 0.0815. The number of rotatable bonds is 4. The lowest BCUT2D eigenvalue weighted by Crippen LogP contribution is -2.08. The Hall–Kier alpha value is -0.390. The van der Waals surface area contributed by atoms with Gasteiger partial charge in [0.25, 0.3) is 6.43 Å². The zero-order valence-corrected chi connectivity index (χ0v) is 10.8. The fourth-order valence-corrected chi connectivity index (χ4v) is 1.84. The molecule has 0 bridgehead atoms. The molecule has 0 atom stereocenters. The zero-order valence-electron chi connectivity index (χ0n) is 8.64. The van der Waals surface area contributed by atoms with Gasteiger partial charge in [0.15, 0.2) is 0 Å². The molecule has 0 saturated heterocycles. The molecule has 1 nitrogen and oxygen atoms in total. The van der Waals surface area contributed by atoms with Gasteiger partial charge in [-0.05, 0) is 46.2 Å². The summed E-state index contributed by atoms with van der Waals surface area (Å²) in [5.41, 5.74) is 1.18. The van der Waals surface area contributed by atoms with E-state index in [0.29, 0.717) is 11.7 Å². The maximum absolute atomic E-state index is 11.9. The third kappa shape index (κ3) is 3.93. The standard InChI is InChI=1S/C11H13F2IO/c1-7(2)8-3-4-10(9(14)5-8)15-6-11(12)13/h3-5,7,11H,6H2,1-2H3. The number of hydrogen-bond acceptors (Lipinski definition) is 1. The van der Waals surface area contributed by atoms with Gasteiger partial charge in [-0.3, -0.25) is 0 Å². The highest BCUT2D eigenvalue weighted by atomic mass is 127. The molecule has 0 aliphatic rings. The molecule has 84 valence electrons. The van der Waals surface area contributed by atoms with Crippen molar-refractivity contribution in [1.29, 1.82) is 0 Å². The van der Waals surface area contributed by atoms with E-state index in [-0.39, 0.29) is 0 Å². The van der Waals surface area contributed by atoms with Crippen LogP contribution in [0.2, 0.25) is 0 Å². The van der Waals surface area contributed by atoms with Crippen molar-refractivity contribution in [3.8, 4) is 5.75 Å². The van der Waals surface area contributed by atoms with E-state index in [1.54, 1.807) is 6.07 Å². The molecule has 0 saturated carbocycles. The number of ether oxygens (including phenoxy) is 1. The maximum atomic E-state index is 11.9. The largest absolute Gasteiger partial charge is 0.487 e. The van der Waals surface area contributed by atoms with Crippen LogP contribution in [0.4, 0.5) is 8.78 Å². The van der Waals surface area contributed by atoms with Crippen LogP contribution in [0.1, 0.15) is 25.3 Å². The molecule has 0 amide bonds. The summed E-state index contributed by atoms with van der Waals surface area (Å²) in [4.78, 5) is 0. The minimum atomic E-state index is -2.43. The highest BCUT2D eigenvalue weighted by Crippen LogP contribution is 2.25. The molecule has 0 aromatic heterocycles. The Balaban J connectivity index is 2.75. The lowest BCUT2D eigenvalue weighted by atomic mass is 10.0. The Morgan fingerprint density at radius 2 is 2.00 bits per heavy atom. The molecule has 15 heavy (non-hydrogen) atoms. The molecular formula is C11H13F2IO. The molecule has 4 heteroatoms. The molecule has 1 aromatic carbocycles. The molecule has 0 fully saturated rings. The van der Waals surface area contributed by atoms with E-state index < -0.39 is 13.0 Å². The summed E-state index contributed by atoms with van der Waals surface area (Å²) in [5.74, 6) is 0.961. The third-order valence-electron chi connectivity index (χ3n) is 1.99. The first-order chi connectivity index (χ1) is 7.00. The number of hydrogen-bond donors (Lipinski definition) is 0. The van der Waals surface area contributed by atoms with Crippen LogP contribution < -0.4 is 4.74 Å². The van der Waals surface area contributed by atoms with E-state index in [1.165, 1.54) is 5.56 Å². The van der Waals surface area contributed by atoms with Crippen molar-refractivity contribution in [2.75, 3.05) is 6.61 Å². The van der Waals surface area contributed by atoms with Crippen molar-refractivity contribution in [3.63, 3.8) is 0 Å². The molecule has 0 spiro atoms. The normalized spacial score (nSPS) is 11.1. The van der Waals surface area contributed by atoms with Gasteiger partial charge in [0.1, 0.15) is 12.4 Å². The second-order valence-electron chi connectivity index (χ2n) is 3.55. The number of halogens is 3. The zero-order chi connectivity index (χ0) is 11.4. The van der Waals surface area contributed by atoms with Crippen LogP contribution in [0.25, 0.3) is 0 Å². The SMILES string of the molecule is CC(C)c1ccc(OCC(F)F)c(I)c1. The van der Waals surface area contributed by atoms with Crippen molar-refractivity contribution >= 4 is 22.6 Å². The monoisotopic (exact) mass is 326 g/mol. The quantitative estimate of drug-likeness (QED) is 0.758. The van der Waals surface area contributed by atoms with Crippen LogP contribution >= 0.6 is 22.6 Å². The molecule has 1 rings (SSSR count). The smallest absolute Gasteiger partial charge is 0.272 e. The van der Waals surface area contributed by atoms with E-state index in [4.69, 9.17) is 4.74 Å². The Kier molecular flexibility index (Phi) is 4.76. The first-order valence-corrected chi connectivity index (χ1v) is 5.79. The van der Waals surface area contributed by atoms with Crippen LogP contribution in [0.5, 0.6) is 5.75 Å². The van der Waals surface area contributed by atoms with Gasteiger partial charge in [-0.1, -0.05) is 19.9 Å². The van der Waals surface area contributed by atoms with Gasteiger partial charge in [0.2, 0.25) is 0 Å². The van der Waals surface area contributed by atoms with Gasteiger partial charge in [0.05, 0.1) is 3.57 Å². The van der Waals surface area contributed by atoms with Gasteiger partial charge in [-0.2, -0.15) is 0 Å². The fraction of sp³-hybridized carbons (Fsp3) is 0.455. The first kappa shape index (κ1) is 12.7. The molecule has 0 N–H and O–H groups in total. The van der Waals surface area contributed by atoms with Crippen molar-refractivity contribution in [3.05, 3.63) is 27.3 Å². The first-order valence-electron chi connectivity index (χ1n) is 4.71. The van der Waals surface area contributed by atoms with Crippen LogP contribution in [-0.4, -0.2) is 13.0 Å². The van der Waals surface area contributed by atoms with Crippen LogP contribution in [0.15, 0.2) is 18.2 Å². The Morgan fingerprint density at radius 1 is 1.33 bits per heavy atom. The summed E-state index contributed by atoms with van der Waals surface area (Å²) in [5, 5.41) is 0. The van der Waals surface area contributed by atoms with Crippen LogP contribution in [0, 0.1) is 3.57 Å². The summed E-state index contributed by atoms with van der Waals surface area (Å²) in [6, 6.07) is 5.62. The predicted molar refractivity (Wildman–Crippen MR) is 64.7 cm³/mol. The van der Waals surface area contributed by atoms with Crippen molar-refractivity contribution in [1.82, 2.24) is 0 Å². The Bertz CT molecular complexity index is 326. The molecule has 1 aromatic rings. The third-order valence-corrected chi connectivity index (χ3v) is 2.83. The Morgan fingerprint density at radius 3 is 2.47 bits per heavy atom. The molecule has 0 unspecified atom stereocenters. The minimum Gasteiger partial charge on any atom is -0.487 e. The van der Waals surface area contributed by atoms with Crippen molar-refractivity contribution in [2.24, 2.45) is 0 Å². The second kappa shape index (κ2) is 5.63. The molecule has 0 radical (unpaired) electrons. The van der Waals surface area contributed by atoms with E-state index in [9.17, 15) is 8.78 Å². The fourth-order valence-electron chi connectivity index (χ4n) is 1.15. The minimum absolute atomic E-state index is 0.433. The van der Waals surface area contributed by atoms with Gasteiger partial charge >= 0.3 is 0 Å². The van der Waals surface area contributed by atoms with E-state index >= 15 is 0 Å². The summed E-state index contributed by atoms with van der Waals surface area (Å²) in [6.07, 6.45) is -2.43. The average Bonchev–Trinajstić information content (AvgIpc) is 2.15. The van der Waals surface area contributed by atoms with Crippen molar-refractivity contribution in [2.45, 2.75) is 26.2 Å². The topological polar surface area (TPSA) is 9.23 Å². The maximum Gasteiger partial charge on any atom is 0.272 e. The molecule has 0 heterocycles. The summed E-state index contributed by atoms with van der Waals surface area (Å²) >= 11 is 2.10. The summed E-state index contributed by atoms with van der Waals surface area (Å²) in [7, 11) is 0. The predicted octanol–water partition coefficient (Wildman–Crippen LogP) is 4.06. The summed E-state index contributed by atoms with van der Waals surface area (Å²) in [6.45, 7) is 3.63. The van der Waals surface area contributed by atoms with E-state index in [2.05, 4.69) is 36.4 Å².